The summed E-state index contributed by atoms with van der Waals surface area (Å²) in [6.07, 6.45) is 0. The van der Waals surface area contributed by atoms with E-state index in [1.807, 2.05) is 0 Å². The number of ketones is 1. The quantitative estimate of drug-likeness (QED) is 0.469. The average molecular weight is 161 g/mol. The second-order valence-corrected chi connectivity index (χ2v) is 2.61. The minimum absolute atomic E-state index is 0.0157. The molecule has 3 heteroatoms. The number of hydrogen-bond donors (Lipinski definition) is 0. The molecule has 0 radical (unpaired) electrons. The molecule has 3 nitrogen and oxygen atoms in total. The Morgan fingerprint density at radius 3 is 2.67 bits per heavy atom. The van der Waals surface area contributed by atoms with Crippen LogP contribution in [0.15, 0.2) is 18.2 Å². The van der Waals surface area contributed by atoms with Crippen LogP contribution < -0.4 is 0 Å². The highest BCUT2D eigenvalue weighted by Gasteiger charge is 2.14. The lowest BCUT2D eigenvalue weighted by Gasteiger charge is -1.95. The van der Waals surface area contributed by atoms with Gasteiger partial charge in [0.2, 0.25) is 5.39 Å². The van der Waals surface area contributed by atoms with Crippen molar-refractivity contribution in [3.63, 3.8) is 0 Å². The highest BCUT2D eigenvalue weighted by atomic mass is 16.1. The van der Waals surface area contributed by atoms with Crippen molar-refractivity contribution >= 4 is 11.5 Å². The lowest BCUT2D eigenvalue weighted by Crippen LogP contribution is -1.94. The van der Waals surface area contributed by atoms with Crippen LogP contribution in [-0.4, -0.2) is 5.78 Å². The monoisotopic (exact) mass is 161 g/mol. The molecular weight excluding hydrogens is 152 g/mol. The maximum absolute atomic E-state index is 11.0. The minimum Gasteiger partial charge on any atom is -0.294 e. The van der Waals surface area contributed by atoms with Crippen molar-refractivity contribution in [1.29, 1.82) is 5.39 Å². The maximum Gasteiger partial charge on any atom is 0.388 e. The van der Waals surface area contributed by atoms with Gasteiger partial charge in [-0.25, -0.2) is 0 Å². The SMILES string of the molecule is CC(=O)c1cccc([N+]#N)c1C. The van der Waals surface area contributed by atoms with Gasteiger partial charge >= 0.3 is 5.69 Å². The van der Waals surface area contributed by atoms with Gasteiger partial charge in [-0.15, -0.1) is 0 Å². The number of hydrogen-bond acceptors (Lipinski definition) is 2. The van der Waals surface area contributed by atoms with E-state index in [1.54, 1.807) is 25.1 Å². The Hall–Kier alpha value is -1.69. The topological polar surface area (TPSA) is 45.2 Å². The first-order valence-corrected chi connectivity index (χ1v) is 3.62. The van der Waals surface area contributed by atoms with E-state index in [2.05, 4.69) is 4.98 Å². The molecular formula is C9H9N2O+. The van der Waals surface area contributed by atoms with Gasteiger partial charge in [-0.3, -0.25) is 4.79 Å². The standard InChI is InChI=1S/C9H9N2O/c1-6-8(7(2)12)4-3-5-9(6)11-10/h3-5H,1-2H3/q+1. The van der Waals surface area contributed by atoms with Crippen LogP contribution in [0.2, 0.25) is 0 Å². The van der Waals surface area contributed by atoms with Gasteiger partial charge in [-0.1, -0.05) is 12.1 Å². The van der Waals surface area contributed by atoms with E-state index in [0.717, 1.165) is 0 Å². The first-order chi connectivity index (χ1) is 5.66. The molecule has 0 amide bonds. The van der Waals surface area contributed by atoms with Crippen LogP contribution in [0.5, 0.6) is 0 Å². The van der Waals surface area contributed by atoms with Gasteiger partial charge < -0.3 is 0 Å². The molecule has 0 N–H and O–H groups in total. The molecule has 12 heavy (non-hydrogen) atoms. The molecule has 1 aromatic carbocycles. The van der Waals surface area contributed by atoms with Crippen LogP contribution in [0.25, 0.3) is 4.98 Å². The van der Waals surface area contributed by atoms with Crippen LogP contribution in [-0.2, 0) is 0 Å². The fourth-order valence-corrected chi connectivity index (χ4v) is 1.11. The van der Waals surface area contributed by atoms with E-state index in [9.17, 15) is 4.79 Å². The van der Waals surface area contributed by atoms with E-state index in [0.29, 0.717) is 16.8 Å². The molecule has 0 saturated heterocycles. The van der Waals surface area contributed by atoms with Crippen LogP contribution in [0.1, 0.15) is 22.8 Å². The van der Waals surface area contributed by atoms with Crippen LogP contribution in [0, 0.1) is 12.3 Å². The van der Waals surface area contributed by atoms with Crippen molar-refractivity contribution in [1.82, 2.24) is 0 Å². The zero-order valence-electron chi connectivity index (χ0n) is 7.03. The van der Waals surface area contributed by atoms with E-state index < -0.39 is 0 Å². The van der Waals surface area contributed by atoms with Gasteiger partial charge in [0, 0.05) is 11.6 Å². The van der Waals surface area contributed by atoms with Crippen molar-refractivity contribution in [3.8, 4) is 0 Å². The van der Waals surface area contributed by atoms with Crippen molar-refractivity contribution in [2.45, 2.75) is 13.8 Å². The highest BCUT2D eigenvalue weighted by Crippen LogP contribution is 2.21. The normalized spacial score (nSPS) is 9.08. The highest BCUT2D eigenvalue weighted by molar-refractivity contribution is 5.96. The maximum atomic E-state index is 11.0. The second kappa shape index (κ2) is 3.14. The smallest absolute Gasteiger partial charge is 0.294 e. The molecule has 0 heterocycles. The number of Topliss-reactive ketones (excluding diaryl/α,β-unsaturated/α-hetero) is 1. The van der Waals surface area contributed by atoms with E-state index in [1.165, 1.54) is 6.92 Å². The van der Waals surface area contributed by atoms with Gasteiger partial charge in [0.05, 0.1) is 5.56 Å². The summed E-state index contributed by atoms with van der Waals surface area (Å²) in [6, 6.07) is 5.06. The lowest BCUT2D eigenvalue weighted by atomic mass is 10.0. The van der Waals surface area contributed by atoms with E-state index in [-0.39, 0.29) is 5.78 Å². The molecule has 0 aliphatic heterocycles. The Kier molecular flexibility index (Phi) is 2.20. The predicted molar refractivity (Wildman–Crippen MR) is 45.9 cm³/mol. The summed E-state index contributed by atoms with van der Waals surface area (Å²) < 4.78 is 0. The molecule has 0 bridgehead atoms. The molecule has 0 saturated carbocycles. The Morgan fingerprint density at radius 2 is 2.17 bits per heavy atom. The van der Waals surface area contributed by atoms with Crippen molar-refractivity contribution in [2.24, 2.45) is 0 Å². The summed E-state index contributed by atoms with van der Waals surface area (Å²) >= 11 is 0. The molecule has 0 fully saturated rings. The summed E-state index contributed by atoms with van der Waals surface area (Å²) in [4.78, 5) is 14.1. The van der Waals surface area contributed by atoms with Crippen LogP contribution in [0.4, 0.5) is 5.69 Å². The van der Waals surface area contributed by atoms with Gasteiger partial charge in [-0.05, 0) is 13.8 Å². The van der Waals surface area contributed by atoms with Gasteiger partial charge in [0.1, 0.15) is 0 Å². The summed E-state index contributed by atoms with van der Waals surface area (Å²) in [5.41, 5.74) is 1.76. The Bertz CT molecular complexity index is 363. The zero-order chi connectivity index (χ0) is 9.14. The molecule has 0 unspecified atom stereocenters. The Morgan fingerprint density at radius 1 is 1.50 bits per heavy atom. The summed E-state index contributed by atoms with van der Waals surface area (Å²) in [6.45, 7) is 3.25. The third kappa shape index (κ3) is 1.32. The number of diazo groups is 1. The van der Waals surface area contributed by atoms with E-state index >= 15 is 0 Å². The van der Waals surface area contributed by atoms with Gasteiger partial charge in [0.15, 0.2) is 10.8 Å². The van der Waals surface area contributed by atoms with Crippen molar-refractivity contribution in [2.75, 3.05) is 0 Å². The minimum atomic E-state index is -0.0157. The summed E-state index contributed by atoms with van der Waals surface area (Å²) in [5, 5.41) is 8.54. The molecule has 0 aliphatic rings. The van der Waals surface area contributed by atoms with E-state index in [4.69, 9.17) is 5.39 Å². The molecule has 0 atom stereocenters. The third-order valence-corrected chi connectivity index (χ3v) is 1.79. The molecule has 1 rings (SSSR count). The van der Waals surface area contributed by atoms with Crippen molar-refractivity contribution in [3.05, 3.63) is 34.3 Å². The third-order valence-electron chi connectivity index (χ3n) is 1.79. The molecule has 0 spiro atoms. The Labute approximate surface area is 70.6 Å². The van der Waals surface area contributed by atoms with Crippen LogP contribution in [0.3, 0.4) is 0 Å². The number of carbonyl (C=O) groups is 1. The first-order valence-electron chi connectivity index (χ1n) is 3.62. The Balaban J connectivity index is 3.35. The first kappa shape index (κ1) is 8.41. The molecule has 0 aromatic heterocycles. The molecule has 0 aliphatic carbocycles. The second-order valence-electron chi connectivity index (χ2n) is 2.61. The van der Waals surface area contributed by atoms with Crippen molar-refractivity contribution < 1.29 is 4.79 Å². The predicted octanol–water partition coefficient (Wildman–Crippen LogP) is 2.68. The van der Waals surface area contributed by atoms with Gasteiger partial charge in [0.25, 0.3) is 0 Å². The van der Waals surface area contributed by atoms with Crippen LogP contribution >= 0.6 is 0 Å². The number of nitrogens with zero attached hydrogens (tertiary/aromatic N) is 2. The summed E-state index contributed by atoms with van der Waals surface area (Å²) in [5.74, 6) is -0.0157. The average Bonchev–Trinajstić information content (AvgIpc) is 2.04. The summed E-state index contributed by atoms with van der Waals surface area (Å²) in [7, 11) is 0. The van der Waals surface area contributed by atoms with Gasteiger partial charge in [-0.2, -0.15) is 0 Å². The number of benzene rings is 1. The zero-order valence-corrected chi connectivity index (χ0v) is 7.03. The molecule has 60 valence electrons. The number of rotatable bonds is 1. The molecule has 1 aromatic rings. The fraction of sp³-hybridized carbons (Fsp3) is 0.222. The number of carbonyl (C=O) groups excluding carboxylic acids is 1. The lowest BCUT2D eigenvalue weighted by molar-refractivity contribution is 0.101. The fourth-order valence-electron chi connectivity index (χ4n) is 1.11. The largest absolute Gasteiger partial charge is 0.388 e.